The summed E-state index contributed by atoms with van der Waals surface area (Å²) in [5, 5.41) is 3.00. The molecule has 1 saturated carbocycles. The molecule has 0 bridgehead atoms. The number of carbonyl (C=O) groups excluding carboxylic acids is 1. The molecule has 0 aromatic heterocycles. The molecule has 0 saturated heterocycles. The Morgan fingerprint density at radius 3 is 2.56 bits per heavy atom. The largest absolute Gasteiger partial charge is 0.496 e. The van der Waals surface area contributed by atoms with E-state index in [4.69, 9.17) is 4.74 Å². The lowest BCUT2D eigenvalue weighted by atomic mass is 10.0. The van der Waals surface area contributed by atoms with Gasteiger partial charge in [-0.2, -0.15) is 0 Å². The second-order valence-corrected chi connectivity index (χ2v) is 4.31. The number of ether oxygens (including phenoxy) is 1. The van der Waals surface area contributed by atoms with E-state index in [0.29, 0.717) is 6.04 Å². The molecule has 1 fully saturated rings. The first-order chi connectivity index (χ1) is 7.63. The van der Waals surface area contributed by atoms with Crippen LogP contribution in [-0.4, -0.2) is 19.1 Å². The Morgan fingerprint density at radius 2 is 2.00 bits per heavy atom. The molecule has 1 aromatic carbocycles. The van der Waals surface area contributed by atoms with Gasteiger partial charge in [0.25, 0.3) is 5.91 Å². The van der Waals surface area contributed by atoms with Crippen LogP contribution in [-0.2, 0) is 0 Å². The predicted octanol–water partition coefficient (Wildman–Crippen LogP) is 2.20. The Labute approximate surface area is 95.8 Å². The van der Waals surface area contributed by atoms with Gasteiger partial charge in [0.05, 0.1) is 7.11 Å². The van der Waals surface area contributed by atoms with Crippen molar-refractivity contribution in [3.8, 4) is 5.75 Å². The second kappa shape index (κ2) is 4.16. The lowest BCUT2D eigenvalue weighted by molar-refractivity contribution is 0.0950. The third kappa shape index (κ3) is 2.03. The van der Waals surface area contributed by atoms with Crippen molar-refractivity contribution in [1.82, 2.24) is 5.32 Å². The van der Waals surface area contributed by atoms with Crippen LogP contribution in [0.2, 0.25) is 0 Å². The topological polar surface area (TPSA) is 38.3 Å². The molecule has 0 atom stereocenters. The van der Waals surface area contributed by atoms with Gasteiger partial charge < -0.3 is 10.1 Å². The number of methoxy groups -OCH3 is 1. The molecule has 1 aliphatic rings. The molecule has 0 aliphatic heterocycles. The fourth-order valence-electron chi connectivity index (χ4n) is 1.75. The third-order valence-corrected chi connectivity index (χ3v) is 3.11. The zero-order chi connectivity index (χ0) is 11.7. The molecule has 0 radical (unpaired) electrons. The normalized spacial score (nSPS) is 14.7. The van der Waals surface area contributed by atoms with Gasteiger partial charge in [-0.15, -0.1) is 0 Å². The molecule has 1 aliphatic carbocycles. The number of rotatable bonds is 3. The van der Waals surface area contributed by atoms with Crippen LogP contribution < -0.4 is 10.1 Å². The Kier molecular flexibility index (Phi) is 2.86. The van der Waals surface area contributed by atoms with Crippen molar-refractivity contribution in [2.75, 3.05) is 7.11 Å². The van der Waals surface area contributed by atoms with Gasteiger partial charge in [-0.25, -0.2) is 0 Å². The Morgan fingerprint density at radius 1 is 1.31 bits per heavy atom. The van der Waals surface area contributed by atoms with Crippen LogP contribution in [0.5, 0.6) is 5.75 Å². The van der Waals surface area contributed by atoms with E-state index in [9.17, 15) is 4.79 Å². The Bertz CT molecular complexity index is 422. The summed E-state index contributed by atoms with van der Waals surface area (Å²) in [5.41, 5.74) is 2.79. The van der Waals surface area contributed by atoms with Crippen LogP contribution in [0, 0.1) is 13.8 Å². The fourth-order valence-corrected chi connectivity index (χ4v) is 1.75. The van der Waals surface area contributed by atoms with Gasteiger partial charge in [0.2, 0.25) is 0 Å². The number of amides is 1. The van der Waals surface area contributed by atoms with Gasteiger partial charge >= 0.3 is 0 Å². The van der Waals surface area contributed by atoms with Crippen molar-refractivity contribution in [2.24, 2.45) is 0 Å². The molecule has 3 nitrogen and oxygen atoms in total. The van der Waals surface area contributed by atoms with Crippen molar-refractivity contribution in [1.29, 1.82) is 0 Å². The summed E-state index contributed by atoms with van der Waals surface area (Å²) in [7, 11) is 1.64. The number of benzene rings is 1. The molecule has 16 heavy (non-hydrogen) atoms. The minimum atomic E-state index is 0.0331. The summed E-state index contributed by atoms with van der Waals surface area (Å²) in [6.45, 7) is 3.93. The van der Waals surface area contributed by atoms with Gasteiger partial charge in [0, 0.05) is 11.6 Å². The van der Waals surface area contributed by atoms with Crippen LogP contribution >= 0.6 is 0 Å². The summed E-state index contributed by atoms with van der Waals surface area (Å²) in [6.07, 6.45) is 2.22. The van der Waals surface area contributed by atoms with Crippen LogP contribution in [0.3, 0.4) is 0 Å². The third-order valence-electron chi connectivity index (χ3n) is 3.11. The van der Waals surface area contributed by atoms with E-state index in [1.54, 1.807) is 7.11 Å². The first-order valence-corrected chi connectivity index (χ1v) is 5.58. The highest BCUT2D eigenvalue weighted by molar-refractivity contribution is 5.96. The molecule has 0 heterocycles. The Hall–Kier alpha value is -1.51. The first-order valence-electron chi connectivity index (χ1n) is 5.58. The fraction of sp³-hybridized carbons (Fsp3) is 0.462. The summed E-state index contributed by atoms with van der Waals surface area (Å²) in [4.78, 5) is 11.9. The van der Waals surface area contributed by atoms with E-state index in [2.05, 4.69) is 5.32 Å². The van der Waals surface area contributed by atoms with E-state index >= 15 is 0 Å². The van der Waals surface area contributed by atoms with E-state index in [-0.39, 0.29) is 5.91 Å². The summed E-state index contributed by atoms with van der Waals surface area (Å²) in [6, 6.07) is 4.08. The van der Waals surface area contributed by atoms with Gasteiger partial charge in [-0.3, -0.25) is 4.79 Å². The van der Waals surface area contributed by atoms with Gasteiger partial charge in [0.15, 0.2) is 0 Å². The highest BCUT2D eigenvalue weighted by Crippen LogP contribution is 2.25. The number of nitrogens with one attached hydrogen (secondary N) is 1. The average Bonchev–Trinajstić information content (AvgIpc) is 3.05. The van der Waals surface area contributed by atoms with E-state index < -0.39 is 0 Å². The van der Waals surface area contributed by atoms with Crippen molar-refractivity contribution in [2.45, 2.75) is 32.7 Å². The monoisotopic (exact) mass is 219 g/mol. The maximum atomic E-state index is 11.9. The van der Waals surface area contributed by atoms with E-state index in [1.165, 1.54) is 0 Å². The molecular formula is C13H17NO2. The lowest BCUT2D eigenvalue weighted by Gasteiger charge is -2.12. The maximum Gasteiger partial charge on any atom is 0.251 e. The van der Waals surface area contributed by atoms with E-state index in [0.717, 1.165) is 35.3 Å². The quantitative estimate of drug-likeness (QED) is 0.846. The molecule has 0 spiro atoms. The standard InChI is InChI=1S/C13H17NO2/c1-8-9(2)12(16-3)7-6-11(8)13(15)14-10-4-5-10/h6-7,10H,4-5H2,1-3H3,(H,14,15). The number of carbonyl (C=O) groups is 1. The van der Waals surface area contributed by atoms with Crippen LogP contribution in [0.25, 0.3) is 0 Å². The van der Waals surface area contributed by atoms with Gasteiger partial charge in [0.1, 0.15) is 5.75 Å². The lowest BCUT2D eigenvalue weighted by Crippen LogP contribution is -2.26. The van der Waals surface area contributed by atoms with Crippen LogP contribution in [0.15, 0.2) is 12.1 Å². The van der Waals surface area contributed by atoms with Crippen molar-refractivity contribution >= 4 is 5.91 Å². The number of hydrogen-bond donors (Lipinski definition) is 1. The summed E-state index contributed by atoms with van der Waals surface area (Å²) < 4.78 is 5.22. The molecule has 1 aromatic rings. The molecular weight excluding hydrogens is 202 g/mol. The van der Waals surface area contributed by atoms with Crippen LogP contribution in [0.4, 0.5) is 0 Å². The average molecular weight is 219 g/mol. The maximum absolute atomic E-state index is 11.9. The van der Waals surface area contributed by atoms with Crippen molar-refractivity contribution in [3.05, 3.63) is 28.8 Å². The molecule has 2 rings (SSSR count). The number of hydrogen-bond acceptors (Lipinski definition) is 2. The smallest absolute Gasteiger partial charge is 0.251 e. The van der Waals surface area contributed by atoms with Gasteiger partial charge in [-0.1, -0.05) is 0 Å². The van der Waals surface area contributed by atoms with Gasteiger partial charge in [-0.05, 0) is 49.9 Å². The molecule has 86 valence electrons. The first kappa shape index (κ1) is 11.0. The van der Waals surface area contributed by atoms with Crippen molar-refractivity contribution in [3.63, 3.8) is 0 Å². The minimum absolute atomic E-state index is 0.0331. The zero-order valence-corrected chi connectivity index (χ0v) is 9.96. The highest BCUT2D eigenvalue weighted by Gasteiger charge is 2.24. The summed E-state index contributed by atoms with van der Waals surface area (Å²) >= 11 is 0. The van der Waals surface area contributed by atoms with Crippen LogP contribution in [0.1, 0.15) is 34.3 Å². The summed E-state index contributed by atoms with van der Waals surface area (Å²) in [5.74, 6) is 0.867. The van der Waals surface area contributed by atoms with E-state index in [1.807, 2.05) is 26.0 Å². The zero-order valence-electron chi connectivity index (χ0n) is 9.96. The second-order valence-electron chi connectivity index (χ2n) is 4.31. The predicted molar refractivity (Wildman–Crippen MR) is 63.0 cm³/mol. The highest BCUT2D eigenvalue weighted by atomic mass is 16.5. The molecule has 3 heteroatoms. The Balaban J connectivity index is 2.26. The molecule has 0 unspecified atom stereocenters. The molecule has 1 N–H and O–H groups in total. The molecule has 1 amide bonds. The minimum Gasteiger partial charge on any atom is -0.496 e. The SMILES string of the molecule is COc1ccc(C(=O)NC2CC2)c(C)c1C. The van der Waals surface area contributed by atoms with Crippen molar-refractivity contribution < 1.29 is 9.53 Å².